The summed E-state index contributed by atoms with van der Waals surface area (Å²) in [5.74, 6) is -0.699. The van der Waals surface area contributed by atoms with Crippen molar-refractivity contribution >= 4 is 28.7 Å². The van der Waals surface area contributed by atoms with Gasteiger partial charge in [-0.1, -0.05) is 6.07 Å². The molecule has 1 fully saturated rings. The van der Waals surface area contributed by atoms with Gasteiger partial charge < -0.3 is 9.73 Å². The fraction of sp³-hybridized carbons (Fsp3) is 0.280. The summed E-state index contributed by atoms with van der Waals surface area (Å²) >= 11 is 1.53. The van der Waals surface area contributed by atoms with Crippen LogP contribution in [0.5, 0.6) is 0 Å². The molecule has 0 atom stereocenters. The standard InChI is InChI=1S/C25H23FN4O4S/c1-35-19-5-2-4-18(13-19)29-22-20(12-15(26)14-27-22)24(32)30(25(29)33)17-9-7-16(8-10-17)28-23(31)21-6-3-11-34-21/h2-6,11-14,16-17H,7-10H2,1H3,(H,28,31)/t16-,17+. The van der Waals surface area contributed by atoms with E-state index in [0.717, 1.165) is 17.2 Å². The van der Waals surface area contributed by atoms with Gasteiger partial charge in [0, 0.05) is 17.0 Å². The van der Waals surface area contributed by atoms with Gasteiger partial charge in [-0.3, -0.25) is 14.2 Å². The predicted octanol–water partition coefficient (Wildman–Crippen LogP) is 3.92. The van der Waals surface area contributed by atoms with Crippen molar-refractivity contribution in [1.82, 2.24) is 19.4 Å². The Morgan fingerprint density at radius 1 is 1.14 bits per heavy atom. The molecule has 4 aromatic rings. The van der Waals surface area contributed by atoms with Gasteiger partial charge in [0.1, 0.15) is 5.82 Å². The van der Waals surface area contributed by atoms with Crippen molar-refractivity contribution < 1.29 is 13.6 Å². The van der Waals surface area contributed by atoms with Crippen LogP contribution in [0.15, 0.2) is 73.8 Å². The van der Waals surface area contributed by atoms with Crippen LogP contribution in [0.3, 0.4) is 0 Å². The van der Waals surface area contributed by atoms with Gasteiger partial charge in [0.05, 0.1) is 23.5 Å². The van der Waals surface area contributed by atoms with Crippen molar-refractivity contribution in [1.29, 1.82) is 0 Å². The Bertz CT molecular complexity index is 1500. The fourth-order valence-corrected chi connectivity index (χ4v) is 5.08. The number of amides is 1. The van der Waals surface area contributed by atoms with Crippen LogP contribution in [0.4, 0.5) is 4.39 Å². The third-order valence-corrected chi connectivity index (χ3v) is 7.07. The SMILES string of the molecule is CSc1cccc(-n2c(=O)n([C@H]3CC[C@@H](NC(=O)c4ccco4)CC3)c(=O)c3cc(F)cnc32)c1. The topological polar surface area (TPSA) is 99.1 Å². The molecule has 0 bridgehead atoms. The number of fused-ring (bicyclic) bond motifs is 1. The van der Waals surface area contributed by atoms with Crippen LogP contribution in [-0.4, -0.2) is 32.3 Å². The predicted molar refractivity (Wildman–Crippen MR) is 131 cm³/mol. The lowest BCUT2D eigenvalue weighted by atomic mass is 9.91. The van der Waals surface area contributed by atoms with Crippen LogP contribution >= 0.6 is 11.8 Å². The van der Waals surface area contributed by atoms with Crippen molar-refractivity contribution in [2.24, 2.45) is 0 Å². The first-order chi connectivity index (χ1) is 17.0. The number of hydrogen-bond acceptors (Lipinski definition) is 6. The fourth-order valence-electron chi connectivity index (χ4n) is 4.63. The maximum absolute atomic E-state index is 14.1. The number of thioether (sulfide) groups is 1. The molecule has 0 radical (unpaired) electrons. The number of hydrogen-bond donors (Lipinski definition) is 1. The summed E-state index contributed by atoms with van der Waals surface area (Å²) in [6, 6.07) is 11.2. The minimum Gasteiger partial charge on any atom is -0.459 e. The Kier molecular flexibility index (Phi) is 6.29. The summed E-state index contributed by atoms with van der Waals surface area (Å²) in [4.78, 5) is 44.4. The van der Waals surface area contributed by atoms with Gasteiger partial charge in [-0.15, -0.1) is 11.8 Å². The molecule has 0 aliphatic heterocycles. The molecule has 0 saturated heterocycles. The largest absolute Gasteiger partial charge is 0.459 e. The molecule has 10 heteroatoms. The van der Waals surface area contributed by atoms with Crippen LogP contribution in [-0.2, 0) is 0 Å². The van der Waals surface area contributed by atoms with E-state index in [0.29, 0.717) is 31.4 Å². The van der Waals surface area contributed by atoms with Gasteiger partial charge in [-0.25, -0.2) is 18.7 Å². The molecular weight excluding hydrogens is 471 g/mol. The van der Waals surface area contributed by atoms with Gasteiger partial charge in [0.2, 0.25) is 0 Å². The number of carbonyl (C=O) groups is 1. The molecule has 1 saturated carbocycles. The number of halogens is 1. The lowest BCUT2D eigenvalue weighted by molar-refractivity contribution is 0.0894. The van der Waals surface area contributed by atoms with Crippen LogP contribution in [0, 0.1) is 5.82 Å². The van der Waals surface area contributed by atoms with E-state index >= 15 is 0 Å². The number of nitrogens with zero attached hydrogens (tertiary/aromatic N) is 3. The highest BCUT2D eigenvalue weighted by Crippen LogP contribution is 2.28. The van der Waals surface area contributed by atoms with E-state index in [2.05, 4.69) is 10.3 Å². The molecule has 180 valence electrons. The van der Waals surface area contributed by atoms with E-state index in [1.807, 2.05) is 24.5 Å². The maximum Gasteiger partial charge on any atom is 0.337 e. The molecular formula is C25H23FN4O4S. The average Bonchev–Trinajstić information content (AvgIpc) is 3.41. The quantitative estimate of drug-likeness (QED) is 0.423. The first-order valence-corrected chi connectivity index (χ1v) is 12.5. The highest BCUT2D eigenvalue weighted by Gasteiger charge is 2.28. The van der Waals surface area contributed by atoms with E-state index in [1.165, 1.54) is 27.2 Å². The normalized spacial score (nSPS) is 18.0. The first-order valence-electron chi connectivity index (χ1n) is 11.3. The van der Waals surface area contributed by atoms with Crippen LogP contribution in [0.2, 0.25) is 0 Å². The van der Waals surface area contributed by atoms with Crippen molar-refractivity contribution in [2.75, 3.05) is 6.26 Å². The van der Waals surface area contributed by atoms with E-state index in [1.54, 1.807) is 18.2 Å². The van der Waals surface area contributed by atoms with Crippen LogP contribution in [0.25, 0.3) is 16.7 Å². The zero-order valence-corrected chi connectivity index (χ0v) is 19.8. The monoisotopic (exact) mass is 494 g/mol. The van der Waals surface area contributed by atoms with Gasteiger partial charge in [0.25, 0.3) is 11.5 Å². The molecule has 35 heavy (non-hydrogen) atoms. The minimum absolute atomic E-state index is 0.0485. The Hall–Kier alpha value is -3.66. The summed E-state index contributed by atoms with van der Waals surface area (Å²) in [5, 5.41) is 2.99. The summed E-state index contributed by atoms with van der Waals surface area (Å²) in [5.41, 5.74) is -0.394. The third kappa shape index (κ3) is 4.41. The van der Waals surface area contributed by atoms with Gasteiger partial charge in [-0.05, 0) is 68.3 Å². The molecule has 0 spiro atoms. The lowest BCUT2D eigenvalue weighted by Gasteiger charge is -2.30. The molecule has 3 heterocycles. The Morgan fingerprint density at radius 2 is 1.94 bits per heavy atom. The number of aromatic nitrogens is 3. The second kappa shape index (κ2) is 9.53. The second-order valence-electron chi connectivity index (χ2n) is 8.48. The van der Waals surface area contributed by atoms with Crippen molar-refractivity contribution in [3.63, 3.8) is 0 Å². The number of benzene rings is 1. The third-order valence-electron chi connectivity index (χ3n) is 6.35. The van der Waals surface area contributed by atoms with E-state index in [-0.39, 0.29) is 34.8 Å². The molecule has 8 nitrogen and oxygen atoms in total. The Morgan fingerprint density at radius 3 is 2.66 bits per heavy atom. The summed E-state index contributed by atoms with van der Waals surface area (Å²) in [6.45, 7) is 0. The van der Waals surface area contributed by atoms with Crippen molar-refractivity contribution in [3.8, 4) is 5.69 Å². The molecule has 0 unspecified atom stereocenters. The number of furan rings is 1. The highest BCUT2D eigenvalue weighted by molar-refractivity contribution is 7.98. The van der Waals surface area contributed by atoms with Crippen molar-refractivity contribution in [2.45, 2.75) is 42.7 Å². The summed E-state index contributed by atoms with van der Waals surface area (Å²) < 4.78 is 21.8. The van der Waals surface area contributed by atoms with Crippen LogP contribution in [0.1, 0.15) is 42.3 Å². The lowest BCUT2D eigenvalue weighted by Crippen LogP contribution is -2.45. The van der Waals surface area contributed by atoms with E-state index in [4.69, 9.17) is 4.42 Å². The molecule has 5 rings (SSSR count). The zero-order chi connectivity index (χ0) is 24.5. The second-order valence-corrected chi connectivity index (χ2v) is 9.36. The molecule has 1 amide bonds. The molecule has 3 aromatic heterocycles. The van der Waals surface area contributed by atoms with E-state index < -0.39 is 17.1 Å². The molecule has 1 aliphatic rings. The smallest absolute Gasteiger partial charge is 0.337 e. The van der Waals surface area contributed by atoms with Crippen LogP contribution < -0.4 is 16.6 Å². The zero-order valence-electron chi connectivity index (χ0n) is 18.9. The number of nitrogens with one attached hydrogen (secondary N) is 1. The molecule has 1 aromatic carbocycles. The average molecular weight is 495 g/mol. The Balaban J connectivity index is 1.52. The minimum atomic E-state index is -0.645. The van der Waals surface area contributed by atoms with Gasteiger partial charge in [0.15, 0.2) is 11.4 Å². The molecule has 1 aliphatic carbocycles. The van der Waals surface area contributed by atoms with E-state index in [9.17, 15) is 18.8 Å². The number of carbonyl (C=O) groups excluding carboxylic acids is 1. The van der Waals surface area contributed by atoms with Gasteiger partial charge in [-0.2, -0.15) is 0 Å². The number of pyridine rings is 1. The van der Waals surface area contributed by atoms with Gasteiger partial charge >= 0.3 is 5.69 Å². The number of rotatable bonds is 5. The Labute approximate surface area is 203 Å². The maximum atomic E-state index is 14.1. The van der Waals surface area contributed by atoms with Crippen molar-refractivity contribution in [3.05, 3.63) is 87.3 Å². The summed E-state index contributed by atoms with van der Waals surface area (Å²) in [7, 11) is 0. The highest BCUT2D eigenvalue weighted by atomic mass is 32.2. The summed E-state index contributed by atoms with van der Waals surface area (Å²) in [6.07, 6.45) is 6.57. The molecule has 1 N–H and O–H groups in total. The first kappa shape index (κ1) is 23.1.